The van der Waals surface area contributed by atoms with Gasteiger partial charge in [-0.2, -0.15) is 0 Å². The van der Waals surface area contributed by atoms with Gasteiger partial charge in [0.2, 0.25) is 0 Å². The van der Waals surface area contributed by atoms with E-state index >= 15 is 0 Å². The Morgan fingerprint density at radius 3 is 2.81 bits per heavy atom. The normalized spacial score (nSPS) is 26.1. The molecule has 88 valence electrons. The van der Waals surface area contributed by atoms with Gasteiger partial charge in [-0.3, -0.25) is 4.90 Å². The smallest absolute Gasteiger partial charge is 0.138 e. The van der Waals surface area contributed by atoms with Crippen LogP contribution in [-0.4, -0.2) is 30.1 Å². The molecule has 1 aromatic rings. The summed E-state index contributed by atoms with van der Waals surface area (Å²) in [6, 6.07) is 5.83. The number of benzene rings is 1. The summed E-state index contributed by atoms with van der Waals surface area (Å²) in [6.45, 7) is 1.76. The number of likely N-dealkylation sites (tertiary alicyclic amines) is 1. The third kappa shape index (κ3) is 1.99. The van der Waals surface area contributed by atoms with Crippen molar-refractivity contribution in [2.24, 2.45) is 11.7 Å². The van der Waals surface area contributed by atoms with Crippen molar-refractivity contribution in [2.75, 3.05) is 25.9 Å². The van der Waals surface area contributed by atoms with E-state index in [4.69, 9.17) is 11.5 Å². The summed E-state index contributed by atoms with van der Waals surface area (Å²) in [7, 11) is 2.10. The first-order valence-corrected chi connectivity index (χ1v) is 5.60. The van der Waals surface area contributed by atoms with Crippen LogP contribution in [0.2, 0.25) is 0 Å². The third-order valence-corrected chi connectivity index (χ3v) is 3.40. The molecule has 1 aromatic carbocycles. The maximum Gasteiger partial charge on any atom is 0.138 e. The number of aromatic hydroxyl groups is 1. The molecule has 0 radical (unpaired) electrons. The van der Waals surface area contributed by atoms with Crippen molar-refractivity contribution in [1.82, 2.24) is 4.90 Å². The van der Waals surface area contributed by atoms with E-state index in [2.05, 4.69) is 11.9 Å². The minimum atomic E-state index is 0.153. The molecule has 1 saturated heterocycles. The standard InChI is InChI=1S/C12H19N3O/c1-15-7-8(6-13)4-11(15)9-2-3-12(16)10(14)5-9/h2-3,5,8,11,16H,4,6-7,13-14H2,1H3. The topological polar surface area (TPSA) is 75.5 Å². The van der Waals surface area contributed by atoms with Crippen molar-refractivity contribution in [3.63, 3.8) is 0 Å². The molecule has 1 fully saturated rings. The molecule has 0 bridgehead atoms. The predicted molar refractivity (Wildman–Crippen MR) is 65.1 cm³/mol. The predicted octanol–water partition coefficient (Wildman–Crippen LogP) is 0.926. The van der Waals surface area contributed by atoms with Crippen molar-refractivity contribution in [1.29, 1.82) is 0 Å². The molecule has 16 heavy (non-hydrogen) atoms. The van der Waals surface area contributed by atoms with Gasteiger partial charge < -0.3 is 16.6 Å². The Balaban J connectivity index is 2.21. The summed E-state index contributed by atoms with van der Waals surface area (Å²) in [5.74, 6) is 0.713. The summed E-state index contributed by atoms with van der Waals surface area (Å²) in [6.07, 6.45) is 1.07. The largest absolute Gasteiger partial charge is 0.506 e. The Morgan fingerprint density at radius 2 is 2.25 bits per heavy atom. The van der Waals surface area contributed by atoms with Gasteiger partial charge in [0.05, 0.1) is 5.69 Å². The monoisotopic (exact) mass is 221 g/mol. The van der Waals surface area contributed by atoms with Gasteiger partial charge in [0, 0.05) is 12.6 Å². The lowest BCUT2D eigenvalue weighted by molar-refractivity contribution is 0.313. The molecule has 0 aromatic heterocycles. The Kier molecular flexibility index (Phi) is 3.03. The van der Waals surface area contributed by atoms with Crippen molar-refractivity contribution in [2.45, 2.75) is 12.5 Å². The molecule has 5 N–H and O–H groups in total. The summed E-state index contributed by atoms with van der Waals surface area (Å²) in [5.41, 5.74) is 13.0. The average molecular weight is 221 g/mol. The van der Waals surface area contributed by atoms with Crippen LogP contribution in [0, 0.1) is 5.92 Å². The molecule has 2 unspecified atom stereocenters. The van der Waals surface area contributed by atoms with E-state index in [0.717, 1.165) is 25.1 Å². The number of hydrogen-bond acceptors (Lipinski definition) is 4. The van der Waals surface area contributed by atoms with Gasteiger partial charge in [0.15, 0.2) is 0 Å². The van der Waals surface area contributed by atoms with E-state index < -0.39 is 0 Å². The lowest BCUT2D eigenvalue weighted by Gasteiger charge is -2.20. The molecule has 0 amide bonds. The lowest BCUT2D eigenvalue weighted by atomic mass is 9.99. The number of rotatable bonds is 2. The summed E-state index contributed by atoms with van der Waals surface area (Å²) in [4.78, 5) is 2.29. The van der Waals surface area contributed by atoms with Crippen LogP contribution in [-0.2, 0) is 0 Å². The van der Waals surface area contributed by atoms with Crippen LogP contribution in [0.15, 0.2) is 18.2 Å². The van der Waals surface area contributed by atoms with Gasteiger partial charge in [-0.1, -0.05) is 6.07 Å². The van der Waals surface area contributed by atoms with E-state index in [-0.39, 0.29) is 5.75 Å². The summed E-state index contributed by atoms with van der Waals surface area (Å²) < 4.78 is 0. The fraction of sp³-hybridized carbons (Fsp3) is 0.500. The summed E-state index contributed by atoms with van der Waals surface area (Å²) >= 11 is 0. The first-order chi connectivity index (χ1) is 7.61. The van der Waals surface area contributed by atoms with Crippen LogP contribution < -0.4 is 11.5 Å². The fourth-order valence-corrected chi connectivity index (χ4v) is 2.45. The van der Waals surface area contributed by atoms with Crippen LogP contribution >= 0.6 is 0 Å². The van der Waals surface area contributed by atoms with Gasteiger partial charge in [-0.25, -0.2) is 0 Å². The van der Waals surface area contributed by atoms with Crippen LogP contribution in [0.4, 0.5) is 5.69 Å². The van der Waals surface area contributed by atoms with Crippen LogP contribution in [0.3, 0.4) is 0 Å². The highest BCUT2D eigenvalue weighted by Gasteiger charge is 2.29. The maximum absolute atomic E-state index is 9.39. The SMILES string of the molecule is CN1CC(CN)CC1c1ccc(O)c(N)c1. The molecule has 0 spiro atoms. The first kappa shape index (κ1) is 11.2. The second-order valence-corrected chi connectivity index (χ2v) is 4.61. The van der Waals surface area contributed by atoms with Crippen LogP contribution in [0.1, 0.15) is 18.0 Å². The Hall–Kier alpha value is -1.26. The van der Waals surface area contributed by atoms with Crippen LogP contribution in [0.25, 0.3) is 0 Å². The number of phenols is 1. The highest BCUT2D eigenvalue weighted by molar-refractivity contribution is 5.53. The van der Waals surface area contributed by atoms with Gasteiger partial charge in [0.25, 0.3) is 0 Å². The second-order valence-electron chi connectivity index (χ2n) is 4.61. The van der Waals surface area contributed by atoms with E-state index in [1.807, 2.05) is 12.1 Å². The van der Waals surface area contributed by atoms with Crippen molar-refractivity contribution < 1.29 is 5.11 Å². The highest BCUT2D eigenvalue weighted by atomic mass is 16.3. The number of nitrogens with zero attached hydrogens (tertiary/aromatic N) is 1. The first-order valence-electron chi connectivity index (χ1n) is 5.60. The maximum atomic E-state index is 9.39. The zero-order chi connectivity index (χ0) is 11.7. The molecule has 0 aliphatic carbocycles. The molecule has 1 aliphatic rings. The van der Waals surface area contributed by atoms with Crippen molar-refractivity contribution >= 4 is 5.69 Å². The molecular formula is C12H19N3O. The molecule has 2 rings (SSSR count). The molecular weight excluding hydrogens is 202 g/mol. The fourth-order valence-electron chi connectivity index (χ4n) is 2.45. The Bertz CT molecular complexity index is 381. The minimum Gasteiger partial charge on any atom is -0.506 e. The number of nitrogens with two attached hydrogens (primary N) is 2. The second kappa shape index (κ2) is 4.31. The van der Waals surface area contributed by atoms with Crippen LogP contribution in [0.5, 0.6) is 5.75 Å². The van der Waals surface area contributed by atoms with E-state index in [1.54, 1.807) is 6.07 Å². The Labute approximate surface area is 95.8 Å². The van der Waals surface area contributed by atoms with Gasteiger partial charge >= 0.3 is 0 Å². The molecule has 0 saturated carbocycles. The van der Waals surface area contributed by atoms with Gasteiger partial charge in [0.1, 0.15) is 5.75 Å². The molecule has 2 atom stereocenters. The van der Waals surface area contributed by atoms with Crippen molar-refractivity contribution in [3.8, 4) is 5.75 Å². The average Bonchev–Trinajstić information content (AvgIpc) is 2.64. The summed E-state index contributed by atoms with van der Waals surface area (Å²) in [5, 5.41) is 9.39. The zero-order valence-corrected chi connectivity index (χ0v) is 9.56. The minimum absolute atomic E-state index is 0.153. The van der Waals surface area contributed by atoms with E-state index in [0.29, 0.717) is 17.6 Å². The Morgan fingerprint density at radius 1 is 1.50 bits per heavy atom. The molecule has 4 heteroatoms. The van der Waals surface area contributed by atoms with Gasteiger partial charge in [-0.05, 0) is 43.6 Å². The van der Waals surface area contributed by atoms with Gasteiger partial charge in [-0.15, -0.1) is 0 Å². The number of phenolic OH excluding ortho intramolecular Hbond substituents is 1. The third-order valence-electron chi connectivity index (χ3n) is 3.40. The quantitative estimate of drug-likeness (QED) is 0.513. The number of nitrogen functional groups attached to an aromatic ring is 1. The van der Waals surface area contributed by atoms with E-state index in [1.165, 1.54) is 0 Å². The molecule has 4 nitrogen and oxygen atoms in total. The zero-order valence-electron chi connectivity index (χ0n) is 9.56. The number of anilines is 1. The molecule has 1 aliphatic heterocycles. The highest BCUT2D eigenvalue weighted by Crippen LogP contribution is 2.35. The molecule has 1 heterocycles. The van der Waals surface area contributed by atoms with Crippen molar-refractivity contribution in [3.05, 3.63) is 23.8 Å². The lowest BCUT2D eigenvalue weighted by Crippen LogP contribution is -2.20. The number of hydrogen-bond donors (Lipinski definition) is 3. The van der Waals surface area contributed by atoms with E-state index in [9.17, 15) is 5.11 Å².